The molecule has 0 saturated heterocycles. The third kappa shape index (κ3) is 5.99. The summed E-state index contributed by atoms with van der Waals surface area (Å²) in [6.07, 6.45) is 1.53. The molecular formula is C20H26N4O3. The molecule has 27 heavy (non-hydrogen) atoms. The standard InChI is InChI=1S/C20H26N4O3/c1-4-24(5-2)18-11-8-16(13-21-18)20(26)23-14-19(25)22-12-15-6-9-17(27-3)10-7-15/h6-11,13H,4-5,12,14H2,1-3H3,(H,22,25)(H,23,26). The summed E-state index contributed by atoms with van der Waals surface area (Å²) in [6.45, 7) is 6.10. The van der Waals surface area contributed by atoms with Gasteiger partial charge in [0, 0.05) is 25.8 Å². The number of carbonyl (C=O) groups is 2. The van der Waals surface area contributed by atoms with Crippen LogP contribution in [-0.4, -0.2) is 43.5 Å². The highest BCUT2D eigenvalue weighted by Crippen LogP contribution is 2.11. The average Bonchev–Trinajstić information content (AvgIpc) is 2.72. The van der Waals surface area contributed by atoms with Gasteiger partial charge < -0.3 is 20.3 Å². The molecule has 0 fully saturated rings. The average molecular weight is 370 g/mol. The van der Waals surface area contributed by atoms with Crippen LogP contribution in [0.5, 0.6) is 5.75 Å². The highest BCUT2D eigenvalue weighted by molar-refractivity contribution is 5.96. The van der Waals surface area contributed by atoms with Crippen LogP contribution in [0.15, 0.2) is 42.6 Å². The number of rotatable bonds is 9. The van der Waals surface area contributed by atoms with Crippen LogP contribution >= 0.6 is 0 Å². The van der Waals surface area contributed by atoms with Crippen LogP contribution in [0.2, 0.25) is 0 Å². The summed E-state index contributed by atoms with van der Waals surface area (Å²) < 4.78 is 5.09. The molecule has 0 aliphatic carbocycles. The summed E-state index contributed by atoms with van der Waals surface area (Å²) in [5.74, 6) is 1.01. The second kappa shape index (κ2) is 10.2. The Morgan fingerprint density at radius 2 is 1.74 bits per heavy atom. The van der Waals surface area contributed by atoms with Crippen molar-refractivity contribution in [2.24, 2.45) is 0 Å². The first-order valence-corrected chi connectivity index (χ1v) is 8.96. The van der Waals surface area contributed by atoms with Gasteiger partial charge in [-0.25, -0.2) is 4.98 Å². The van der Waals surface area contributed by atoms with Crippen molar-refractivity contribution in [3.8, 4) is 5.75 Å². The molecule has 7 heteroatoms. The quantitative estimate of drug-likeness (QED) is 0.705. The van der Waals surface area contributed by atoms with Gasteiger partial charge in [-0.3, -0.25) is 9.59 Å². The van der Waals surface area contributed by atoms with Crippen molar-refractivity contribution in [3.05, 3.63) is 53.7 Å². The zero-order valence-electron chi connectivity index (χ0n) is 16.0. The Morgan fingerprint density at radius 3 is 2.30 bits per heavy atom. The second-order valence-electron chi connectivity index (χ2n) is 5.88. The molecule has 144 valence electrons. The number of ether oxygens (including phenoxy) is 1. The van der Waals surface area contributed by atoms with E-state index in [0.29, 0.717) is 12.1 Å². The van der Waals surface area contributed by atoms with Gasteiger partial charge in [-0.2, -0.15) is 0 Å². The Labute approximate surface area is 159 Å². The maximum absolute atomic E-state index is 12.2. The zero-order valence-corrected chi connectivity index (χ0v) is 16.0. The van der Waals surface area contributed by atoms with E-state index in [2.05, 4.69) is 34.4 Å². The van der Waals surface area contributed by atoms with Gasteiger partial charge in [0.25, 0.3) is 5.91 Å². The first kappa shape index (κ1) is 20.2. The summed E-state index contributed by atoms with van der Waals surface area (Å²) in [6, 6.07) is 10.9. The van der Waals surface area contributed by atoms with Gasteiger partial charge in [-0.15, -0.1) is 0 Å². The zero-order chi connectivity index (χ0) is 19.6. The molecule has 0 bridgehead atoms. The molecule has 7 nitrogen and oxygen atoms in total. The molecule has 0 atom stereocenters. The molecule has 0 aliphatic rings. The third-order valence-electron chi connectivity index (χ3n) is 4.16. The largest absolute Gasteiger partial charge is 0.497 e. The molecule has 1 aromatic carbocycles. The van der Waals surface area contributed by atoms with Crippen molar-refractivity contribution in [3.63, 3.8) is 0 Å². The highest BCUT2D eigenvalue weighted by atomic mass is 16.5. The third-order valence-corrected chi connectivity index (χ3v) is 4.16. The fourth-order valence-electron chi connectivity index (χ4n) is 2.52. The minimum Gasteiger partial charge on any atom is -0.497 e. The number of aromatic nitrogens is 1. The molecule has 2 aromatic rings. The molecule has 0 unspecified atom stereocenters. The summed E-state index contributed by atoms with van der Waals surface area (Å²) in [7, 11) is 1.60. The summed E-state index contributed by atoms with van der Waals surface area (Å²) in [4.78, 5) is 30.5. The maximum atomic E-state index is 12.2. The highest BCUT2D eigenvalue weighted by Gasteiger charge is 2.10. The van der Waals surface area contributed by atoms with Crippen molar-refractivity contribution in [1.82, 2.24) is 15.6 Å². The molecular weight excluding hydrogens is 344 g/mol. The number of benzene rings is 1. The fraction of sp³-hybridized carbons (Fsp3) is 0.350. The number of carbonyl (C=O) groups excluding carboxylic acids is 2. The second-order valence-corrected chi connectivity index (χ2v) is 5.88. The van der Waals surface area contributed by atoms with Crippen LogP contribution in [0, 0.1) is 0 Å². The number of hydrogen-bond acceptors (Lipinski definition) is 5. The van der Waals surface area contributed by atoms with E-state index in [-0.39, 0.29) is 18.4 Å². The number of anilines is 1. The number of amides is 2. The van der Waals surface area contributed by atoms with E-state index < -0.39 is 0 Å². The maximum Gasteiger partial charge on any atom is 0.253 e. The lowest BCUT2D eigenvalue weighted by Gasteiger charge is -2.19. The molecule has 0 aliphatic heterocycles. The molecule has 0 saturated carbocycles. The number of nitrogens with zero attached hydrogens (tertiary/aromatic N) is 2. The molecule has 2 amide bonds. The van der Waals surface area contributed by atoms with Crippen LogP contribution in [0.4, 0.5) is 5.82 Å². The number of hydrogen-bond donors (Lipinski definition) is 2. The van der Waals surface area contributed by atoms with Crippen LogP contribution in [0.25, 0.3) is 0 Å². The van der Waals surface area contributed by atoms with Gasteiger partial charge in [0.05, 0.1) is 19.2 Å². The Bertz CT molecular complexity index is 741. The van der Waals surface area contributed by atoms with Crippen molar-refractivity contribution in [2.45, 2.75) is 20.4 Å². The summed E-state index contributed by atoms with van der Waals surface area (Å²) in [5, 5.41) is 5.37. The lowest BCUT2D eigenvalue weighted by molar-refractivity contribution is -0.120. The van der Waals surface area contributed by atoms with Crippen molar-refractivity contribution >= 4 is 17.6 Å². The molecule has 1 aromatic heterocycles. The topological polar surface area (TPSA) is 83.6 Å². The van der Waals surface area contributed by atoms with Gasteiger partial charge in [0.1, 0.15) is 11.6 Å². The predicted molar refractivity (Wildman–Crippen MR) is 105 cm³/mol. The first-order chi connectivity index (χ1) is 13.1. The number of methoxy groups -OCH3 is 1. The fourth-order valence-corrected chi connectivity index (χ4v) is 2.52. The minimum atomic E-state index is -0.326. The van der Waals surface area contributed by atoms with E-state index in [4.69, 9.17) is 4.74 Å². The van der Waals surface area contributed by atoms with Crippen LogP contribution in [0.3, 0.4) is 0 Å². The Kier molecular flexibility index (Phi) is 7.61. The van der Waals surface area contributed by atoms with E-state index in [0.717, 1.165) is 30.2 Å². The smallest absolute Gasteiger partial charge is 0.253 e. The first-order valence-electron chi connectivity index (χ1n) is 8.96. The van der Waals surface area contributed by atoms with E-state index in [1.54, 1.807) is 13.2 Å². The molecule has 2 rings (SSSR count). The van der Waals surface area contributed by atoms with Crippen molar-refractivity contribution < 1.29 is 14.3 Å². The van der Waals surface area contributed by atoms with Crippen LogP contribution in [-0.2, 0) is 11.3 Å². The van der Waals surface area contributed by atoms with Crippen molar-refractivity contribution in [2.75, 3.05) is 31.6 Å². The van der Waals surface area contributed by atoms with E-state index in [1.165, 1.54) is 6.20 Å². The lowest BCUT2D eigenvalue weighted by atomic mass is 10.2. The SMILES string of the molecule is CCN(CC)c1ccc(C(=O)NCC(=O)NCc2ccc(OC)cc2)cn1. The minimum absolute atomic E-state index is 0.0905. The Morgan fingerprint density at radius 1 is 1.04 bits per heavy atom. The normalized spacial score (nSPS) is 10.2. The number of pyridine rings is 1. The van der Waals surface area contributed by atoms with Gasteiger partial charge in [0.15, 0.2) is 0 Å². The molecule has 0 radical (unpaired) electrons. The molecule has 0 spiro atoms. The van der Waals surface area contributed by atoms with Gasteiger partial charge in [0.2, 0.25) is 5.91 Å². The predicted octanol–water partition coefficient (Wildman–Crippen LogP) is 1.98. The van der Waals surface area contributed by atoms with E-state index >= 15 is 0 Å². The van der Waals surface area contributed by atoms with Gasteiger partial charge in [-0.05, 0) is 43.7 Å². The van der Waals surface area contributed by atoms with Gasteiger partial charge in [-0.1, -0.05) is 12.1 Å². The van der Waals surface area contributed by atoms with E-state index in [1.807, 2.05) is 30.3 Å². The number of nitrogens with one attached hydrogen (secondary N) is 2. The molecule has 2 N–H and O–H groups in total. The Hall–Kier alpha value is -3.09. The van der Waals surface area contributed by atoms with Crippen molar-refractivity contribution in [1.29, 1.82) is 0 Å². The summed E-state index contributed by atoms with van der Waals surface area (Å²) >= 11 is 0. The lowest BCUT2D eigenvalue weighted by Crippen LogP contribution is -2.36. The van der Waals surface area contributed by atoms with E-state index in [9.17, 15) is 9.59 Å². The van der Waals surface area contributed by atoms with Crippen LogP contribution in [0.1, 0.15) is 29.8 Å². The van der Waals surface area contributed by atoms with Crippen LogP contribution < -0.4 is 20.3 Å². The van der Waals surface area contributed by atoms with Gasteiger partial charge >= 0.3 is 0 Å². The monoisotopic (exact) mass is 370 g/mol. The molecule has 1 heterocycles. The Balaban J connectivity index is 1.79. The summed E-state index contributed by atoms with van der Waals surface area (Å²) in [5.41, 5.74) is 1.38.